The molecule has 0 unspecified atom stereocenters. The van der Waals surface area contributed by atoms with Crippen molar-refractivity contribution in [3.63, 3.8) is 0 Å². The first kappa shape index (κ1) is 18.4. The molecule has 4 heteroatoms. The quantitative estimate of drug-likeness (QED) is 0.562. The van der Waals surface area contributed by atoms with Gasteiger partial charge in [0, 0.05) is 36.3 Å². The minimum Gasteiger partial charge on any atom is -0.370 e. The van der Waals surface area contributed by atoms with Crippen LogP contribution in [0.2, 0.25) is 0 Å². The fraction of sp³-hybridized carbons (Fsp3) is 0.550. The molecule has 0 amide bonds. The minimum atomic E-state index is 0.760. The summed E-state index contributed by atoms with van der Waals surface area (Å²) in [4.78, 5) is 13.2. The highest BCUT2D eigenvalue weighted by Gasteiger charge is 2.04. The Morgan fingerprint density at radius 3 is 2.25 bits per heavy atom. The molecule has 2 heterocycles. The number of pyridine rings is 1. The van der Waals surface area contributed by atoms with Gasteiger partial charge in [-0.3, -0.25) is 4.98 Å². The van der Waals surface area contributed by atoms with E-state index in [0.29, 0.717) is 0 Å². The van der Waals surface area contributed by atoms with Crippen LogP contribution in [0.4, 0.5) is 5.82 Å². The maximum Gasteiger partial charge on any atom is 0.161 e. The predicted octanol–water partition coefficient (Wildman–Crippen LogP) is 5.40. The topological polar surface area (TPSA) is 50.7 Å². The van der Waals surface area contributed by atoms with Crippen molar-refractivity contribution in [2.45, 2.75) is 65.2 Å². The van der Waals surface area contributed by atoms with Gasteiger partial charge in [-0.15, -0.1) is 0 Å². The Balaban J connectivity index is 1.72. The third-order valence-corrected chi connectivity index (χ3v) is 4.13. The molecule has 24 heavy (non-hydrogen) atoms. The number of rotatable bonds is 11. The van der Waals surface area contributed by atoms with Gasteiger partial charge in [-0.2, -0.15) is 0 Å². The Kier molecular flexibility index (Phi) is 8.22. The van der Waals surface area contributed by atoms with Crippen LogP contribution in [-0.2, 0) is 0 Å². The number of hydrogen-bond donors (Lipinski definition) is 1. The molecule has 130 valence electrons. The van der Waals surface area contributed by atoms with Crippen molar-refractivity contribution in [3.05, 3.63) is 36.3 Å². The van der Waals surface area contributed by atoms with E-state index in [1.165, 1.54) is 51.4 Å². The Labute approximate surface area is 146 Å². The summed E-state index contributed by atoms with van der Waals surface area (Å²) in [5, 5.41) is 3.44. The monoisotopic (exact) mass is 326 g/mol. The van der Waals surface area contributed by atoms with E-state index in [4.69, 9.17) is 0 Å². The van der Waals surface area contributed by atoms with Crippen LogP contribution in [0.3, 0.4) is 0 Å². The van der Waals surface area contributed by atoms with Gasteiger partial charge in [-0.05, 0) is 25.5 Å². The van der Waals surface area contributed by atoms with Gasteiger partial charge in [0.15, 0.2) is 5.82 Å². The number of aryl methyl sites for hydroxylation is 1. The lowest BCUT2D eigenvalue weighted by Crippen LogP contribution is -2.05. The van der Waals surface area contributed by atoms with Gasteiger partial charge in [-0.1, -0.05) is 51.9 Å². The van der Waals surface area contributed by atoms with Gasteiger partial charge in [0.25, 0.3) is 0 Å². The summed E-state index contributed by atoms with van der Waals surface area (Å²) in [5.41, 5.74) is 1.99. The summed E-state index contributed by atoms with van der Waals surface area (Å²) in [5.74, 6) is 1.67. The lowest BCUT2D eigenvalue weighted by Gasteiger charge is -2.08. The second kappa shape index (κ2) is 10.7. The van der Waals surface area contributed by atoms with E-state index in [-0.39, 0.29) is 0 Å². The van der Waals surface area contributed by atoms with E-state index in [1.807, 2.05) is 25.1 Å². The molecule has 0 aliphatic heterocycles. The maximum absolute atomic E-state index is 4.62. The Bertz CT molecular complexity index is 583. The van der Waals surface area contributed by atoms with Gasteiger partial charge >= 0.3 is 0 Å². The molecular weight excluding hydrogens is 296 g/mol. The Morgan fingerprint density at radius 1 is 0.875 bits per heavy atom. The lowest BCUT2D eigenvalue weighted by molar-refractivity contribution is 0.581. The van der Waals surface area contributed by atoms with E-state index in [2.05, 4.69) is 27.2 Å². The van der Waals surface area contributed by atoms with Crippen molar-refractivity contribution in [1.29, 1.82) is 0 Å². The van der Waals surface area contributed by atoms with E-state index in [1.54, 1.807) is 12.4 Å². The van der Waals surface area contributed by atoms with Crippen molar-refractivity contribution in [2.75, 3.05) is 11.9 Å². The molecule has 0 saturated heterocycles. The zero-order valence-electron chi connectivity index (χ0n) is 15.1. The summed E-state index contributed by atoms with van der Waals surface area (Å²) >= 11 is 0. The summed E-state index contributed by atoms with van der Waals surface area (Å²) < 4.78 is 0. The zero-order chi connectivity index (χ0) is 17.0. The summed E-state index contributed by atoms with van der Waals surface area (Å²) in [6.07, 6.45) is 14.2. The molecule has 0 saturated carbocycles. The predicted molar refractivity (Wildman–Crippen MR) is 101 cm³/mol. The Morgan fingerprint density at radius 2 is 1.54 bits per heavy atom. The average molecular weight is 326 g/mol. The number of unbranched alkanes of at least 4 members (excludes halogenated alkanes) is 7. The van der Waals surface area contributed by atoms with Gasteiger partial charge in [-0.25, -0.2) is 9.97 Å². The SMILES string of the molecule is CCCCCCCCCCNc1cc(C)nc(-c2ccncc2)n1. The van der Waals surface area contributed by atoms with E-state index < -0.39 is 0 Å². The fourth-order valence-electron chi connectivity index (χ4n) is 2.76. The van der Waals surface area contributed by atoms with Gasteiger partial charge in [0.1, 0.15) is 5.82 Å². The molecule has 4 nitrogen and oxygen atoms in total. The highest BCUT2D eigenvalue weighted by molar-refractivity contribution is 5.56. The van der Waals surface area contributed by atoms with Gasteiger partial charge in [0.05, 0.1) is 0 Å². The van der Waals surface area contributed by atoms with Crippen LogP contribution in [-0.4, -0.2) is 21.5 Å². The largest absolute Gasteiger partial charge is 0.370 e. The maximum atomic E-state index is 4.62. The third kappa shape index (κ3) is 6.65. The number of anilines is 1. The molecule has 0 atom stereocenters. The van der Waals surface area contributed by atoms with Crippen LogP contribution in [0.5, 0.6) is 0 Å². The first-order valence-electron chi connectivity index (χ1n) is 9.29. The normalized spacial score (nSPS) is 10.8. The molecule has 0 aliphatic carbocycles. The highest BCUT2D eigenvalue weighted by atomic mass is 15.0. The smallest absolute Gasteiger partial charge is 0.161 e. The molecule has 2 rings (SSSR count). The summed E-state index contributed by atoms with van der Waals surface area (Å²) in [6, 6.07) is 5.89. The van der Waals surface area contributed by atoms with Gasteiger partial charge < -0.3 is 5.32 Å². The van der Waals surface area contributed by atoms with E-state index in [9.17, 15) is 0 Å². The van der Waals surface area contributed by atoms with Crippen LogP contribution in [0.15, 0.2) is 30.6 Å². The van der Waals surface area contributed by atoms with Crippen LogP contribution in [0, 0.1) is 6.92 Å². The zero-order valence-corrected chi connectivity index (χ0v) is 15.1. The van der Waals surface area contributed by atoms with Crippen molar-refractivity contribution in [2.24, 2.45) is 0 Å². The molecular formula is C20H30N4. The van der Waals surface area contributed by atoms with Crippen LogP contribution < -0.4 is 5.32 Å². The first-order chi connectivity index (χ1) is 11.8. The summed E-state index contributed by atoms with van der Waals surface area (Å²) in [7, 11) is 0. The highest BCUT2D eigenvalue weighted by Crippen LogP contribution is 2.17. The van der Waals surface area contributed by atoms with Crippen molar-refractivity contribution < 1.29 is 0 Å². The van der Waals surface area contributed by atoms with Crippen molar-refractivity contribution in [1.82, 2.24) is 15.0 Å². The minimum absolute atomic E-state index is 0.760. The van der Waals surface area contributed by atoms with E-state index in [0.717, 1.165) is 29.4 Å². The molecule has 2 aromatic heterocycles. The fourth-order valence-corrected chi connectivity index (χ4v) is 2.76. The second-order valence-electron chi connectivity index (χ2n) is 6.36. The first-order valence-corrected chi connectivity index (χ1v) is 9.29. The third-order valence-electron chi connectivity index (χ3n) is 4.13. The second-order valence-corrected chi connectivity index (χ2v) is 6.36. The van der Waals surface area contributed by atoms with Crippen molar-refractivity contribution in [3.8, 4) is 11.4 Å². The van der Waals surface area contributed by atoms with E-state index >= 15 is 0 Å². The number of aromatic nitrogens is 3. The molecule has 0 fully saturated rings. The molecule has 2 aromatic rings. The standard InChI is InChI=1S/C20H30N4/c1-3-4-5-6-7-8-9-10-13-22-19-16-17(2)23-20(24-19)18-11-14-21-15-12-18/h11-12,14-16H,3-10,13H2,1-2H3,(H,22,23,24). The van der Waals surface area contributed by atoms with Crippen LogP contribution in [0.1, 0.15) is 64.0 Å². The molecule has 0 spiro atoms. The molecule has 0 aliphatic rings. The molecule has 0 radical (unpaired) electrons. The molecule has 0 aromatic carbocycles. The number of hydrogen-bond acceptors (Lipinski definition) is 4. The van der Waals surface area contributed by atoms with Crippen molar-refractivity contribution >= 4 is 5.82 Å². The van der Waals surface area contributed by atoms with Crippen LogP contribution >= 0.6 is 0 Å². The average Bonchev–Trinajstić information content (AvgIpc) is 2.60. The number of nitrogens with zero attached hydrogens (tertiary/aromatic N) is 3. The van der Waals surface area contributed by atoms with Crippen LogP contribution in [0.25, 0.3) is 11.4 Å². The molecule has 1 N–H and O–H groups in total. The van der Waals surface area contributed by atoms with Gasteiger partial charge in [0.2, 0.25) is 0 Å². The number of nitrogens with one attached hydrogen (secondary N) is 1. The lowest BCUT2D eigenvalue weighted by atomic mass is 10.1. The Hall–Kier alpha value is -1.97. The molecule has 0 bridgehead atoms. The summed E-state index contributed by atoms with van der Waals surface area (Å²) in [6.45, 7) is 5.25.